The first-order valence-electron chi connectivity index (χ1n) is 7.41. The summed E-state index contributed by atoms with van der Waals surface area (Å²) in [5.74, 6) is 0. The Bertz CT molecular complexity index is 365. The van der Waals surface area contributed by atoms with E-state index in [-0.39, 0.29) is 6.10 Å². The highest BCUT2D eigenvalue weighted by atomic mass is 16.5. The topological polar surface area (TPSA) is 50.7 Å². The number of nitrogens with one attached hydrogen (secondary N) is 1. The molecule has 0 spiro atoms. The second-order valence-electron chi connectivity index (χ2n) is 5.36. The van der Waals surface area contributed by atoms with Gasteiger partial charge < -0.3 is 19.9 Å². The fourth-order valence-electron chi connectivity index (χ4n) is 2.34. The fourth-order valence-corrected chi connectivity index (χ4v) is 2.34. The molecule has 1 aromatic rings. The Kier molecular flexibility index (Phi) is 6.47. The number of benzene rings is 1. The maximum Gasteiger partial charge on any atom is 0.0898 e. The van der Waals surface area contributed by atoms with Crippen LogP contribution in [-0.4, -0.2) is 43.6 Å². The van der Waals surface area contributed by atoms with E-state index in [2.05, 4.69) is 5.32 Å². The van der Waals surface area contributed by atoms with Crippen LogP contribution in [0.2, 0.25) is 0 Å². The van der Waals surface area contributed by atoms with Gasteiger partial charge in [-0.1, -0.05) is 30.3 Å². The SMILES string of the molecule is CC(OCC(O)CNC1CCCOC1)c1ccccc1. The van der Waals surface area contributed by atoms with Gasteiger partial charge in [0, 0.05) is 19.2 Å². The predicted octanol–water partition coefficient (Wildman–Crippen LogP) is 1.89. The van der Waals surface area contributed by atoms with Gasteiger partial charge in [-0.3, -0.25) is 0 Å². The van der Waals surface area contributed by atoms with Crippen molar-refractivity contribution in [1.29, 1.82) is 0 Å². The number of hydrogen-bond acceptors (Lipinski definition) is 4. The number of rotatable bonds is 7. The summed E-state index contributed by atoms with van der Waals surface area (Å²) >= 11 is 0. The van der Waals surface area contributed by atoms with Crippen molar-refractivity contribution in [3.8, 4) is 0 Å². The molecule has 4 nitrogen and oxygen atoms in total. The highest BCUT2D eigenvalue weighted by Gasteiger charge is 2.15. The summed E-state index contributed by atoms with van der Waals surface area (Å²) in [6, 6.07) is 10.4. The Hall–Kier alpha value is -0.940. The third-order valence-corrected chi connectivity index (χ3v) is 3.61. The van der Waals surface area contributed by atoms with E-state index in [0.717, 1.165) is 31.6 Å². The van der Waals surface area contributed by atoms with E-state index in [9.17, 15) is 5.11 Å². The lowest BCUT2D eigenvalue weighted by molar-refractivity contribution is -0.00616. The maximum absolute atomic E-state index is 9.95. The number of aliphatic hydroxyl groups is 1. The molecule has 4 heteroatoms. The number of ether oxygens (including phenoxy) is 2. The lowest BCUT2D eigenvalue weighted by Gasteiger charge is -2.25. The van der Waals surface area contributed by atoms with Crippen LogP contribution < -0.4 is 5.32 Å². The van der Waals surface area contributed by atoms with E-state index in [1.54, 1.807) is 0 Å². The monoisotopic (exact) mass is 279 g/mol. The standard InChI is InChI=1S/C16H25NO3/c1-13(14-6-3-2-4-7-14)20-12-16(18)10-17-15-8-5-9-19-11-15/h2-4,6-7,13,15-18H,5,8-12H2,1H3. The maximum atomic E-state index is 9.95. The Morgan fingerprint density at radius 2 is 2.20 bits per heavy atom. The van der Waals surface area contributed by atoms with Crippen molar-refractivity contribution in [1.82, 2.24) is 5.32 Å². The average molecular weight is 279 g/mol. The Balaban J connectivity index is 1.63. The minimum absolute atomic E-state index is 0.00358. The molecule has 1 aromatic carbocycles. The van der Waals surface area contributed by atoms with E-state index < -0.39 is 6.10 Å². The zero-order chi connectivity index (χ0) is 14.2. The first-order chi connectivity index (χ1) is 9.75. The Labute approximate surface area is 121 Å². The molecule has 0 aromatic heterocycles. The lowest BCUT2D eigenvalue weighted by atomic mass is 10.1. The highest BCUT2D eigenvalue weighted by molar-refractivity contribution is 5.16. The molecule has 1 aliphatic heterocycles. The summed E-state index contributed by atoms with van der Waals surface area (Å²) < 4.78 is 11.1. The molecule has 0 amide bonds. The Morgan fingerprint density at radius 3 is 2.90 bits per heavy atom. The highest BCUT2D eigenvalue weighted by Crippen LogP contribution is 2.15. The second-order valence-corrected chi connectivity index (χ2v) is 5.36. The molecule has 0 saturated carbocycles. The first kappa shape index (κ1) is 15.4. The van der Waals surface area contributed by atoms with Crippen LogP contribution in [0, 0.1) is 0 Å². The third kappa shape index (κ3) is 5.21. The number of hydrogen-bond donors (Lipinski definition) is 2. The van der Waals surface area contributed by atoms with Crippen molar-refractivity contribution < 1.29 is 14.6 Å². The van der Waals surface area contributed by atoms with Gasteiger partial charge in [0.2, 0.25) is 0 Å². The van der Waals surface area contributed by atoms with Crippen molar-refractivity contribution in [2.24, 2.45) is 0 Å². The molecule has 0 radical (unpaired) electrons. The molecule has 3 unspecified atom stereocenters. The quantitative estimate of drug-likeness (QED) is 0.800. The van der Waals surface area contributed by atoms with Gasteiger partial charge in [0.15, 0.2) is 0 Å². The minimum atomic E-state index is -0.483. The molecule has 2 rings (SSSR count). The van der Waals surface area contributed by atoms with Crippen LogP contribution in [0.1, 0.15) is 31.4 Å². The van der Waals surface area contributed by atoms with Crippen molar-refractivity contribution in [3.63, 3.8) is 0 Å². The van der Waals surface area contributed by atoms with Crippen LogP contribution in [0.25, 0.3) is 0 Å². The molecule has 2 N–H and O–H groups in total. The van der Waals surface area contributed by atoms with Crippen LogP contribution in [0.5, 0.6) is 0 Å². The van der Waals surface area contributed by atoms with Gasteiger partial charge in [-0.05, 0) is 25.3 Å². The third-order valence-electron chi connectivity index (χ3n) is 3.61. The van der Waals surface area contributed by atoms with E-state index >= 15 is 0 Å². The molecule has 0 aliphatic carbocycles. The largest absolute Gasteiger partial charge is 0.389 e. The van der Waals surface area contributed by atoms with Gasteiger partial charge >= 0.3 is 0 Å². The predicted molar refractivity (Wildman–Crippen MR) is 78.7 cm³/mol. The molecule has 1 fully saturated rings. The van der Waals surface area contributed by atoms with Gasteiger partial charge in [-0.15, -0.1) is 0 Å². The summed E-state index contributed by atoms with van der Waals surface area (Å²) in [5.41, 5.74) is 1.13. The van der Waals surface area contributed by atoms with E-state index in [4.69, 9.17) is 9.47 Å². The van der Waals surface area contributed by atoms with Crippen molar-refractivity contribution in [2.45, 2.75) is 38.0 Å². The lowest BCUT2D eigenvalue weighted by Crippen LogP contribution is -2.42. The van der Waals surface area contributed by atoms with Gasteiger partial charge in [-0.2, -0.15) is 0 Å². The Morgan fingerprint density at radius 1 is 1.40 bits per heavy atom. The second kappa shape index (κ2) is 8.37. The van der Waals surface area contributed by atoms with Gasteiger partial charge in [-0.25, -0.2) is 0 Å². The van der Waals surface area contributed by atoms with Crippen molar-refractivity contribution in [2.75, 3.05) is 26.4 Å². The van der Waals surface area contributed by atoms with Crippen LogP contribution in [0.15, 0.2) is 30.3 Å². The summed E-state index contributed by atoms with van der Waals surface area (Å²) in [7, 11) is 0. The van der Waals surface area contributed by atoms with E-state index in [0.29, 0.717) is 19.2 Å². The normalized spacial score (nSPS) is 22.4. The molecule has 3 atom stereocenters. The first-order valence-corrected chi connectivity index (χ1v) is 7.41. The zero-order valence-corrected chi connectivity index (χ0v) is 12.1. The van der Waals surface area contributed by atoms with Crippen LogP contribution in [-0.2, 0) is 9.47 Å². The van der Waals surface area contributed by atoms with Crippen LogP contribution in [0.4, 0.5) is 0 Å². The molecule has 0 bridgehead atoms. The molecule has 1 saturated heterocycles. The molecule has 1 heterocycles. The van der Waals surface area contributed by atoms with Crippen LogP contribution >= 0.6 is 0 Å². The van der Waals surface area contributed by atoms with Gasteiger partial charge in [0.1, 0.15) is 0 Å². The fraction of sp³-hybridized carbons (Fsp3) is 0.625. The molecule has 20 heavy (non-hydrogen) atoms. The molecule has 112 valence electrons. The molecule has 1 aliphatic rings. The minimum Gasteiger partial charge on any atom is -0.389 e. The smallest absolute Gasteiger partial charge is 0.0898 e. The summed E-state index contributed by atoms with van der Waals surface area (Å²) in [6.45, 7) is 4.50. The summed E-state index contributed by atoms with van der Waals surface area (Å²) in [6.07, 6.45) is 1.73. The van der Waals surface area contributed by atoms with Gasteiger partial charge in [0.25, 0.3) is 0 Å². The number of aliphatic hydroxyl groups excluding tert-OH is 1. The van der Waals surface area contributed by atoms with Crippen LogP contribution in [0.3, 0.4) is 0 Å². The van der Waals surface area contributed by atoms with E-state index in [1.807, 2.05) is 37.3 Å². The average Bonchev–Trinajstić information content (AvgIpc) is 2.52. The molecular weight excluding hydrogens is 254 g/mol. The van der Waals surface area contributed by atoms with Crippen molar-refractivity contribution in [3.05, 3.63) is 35.9 Å². The van der Waals surface area contributed by atoms with Gasteiger partial charge in [0.05, 0.1) is 25.4 Å². The summed E-state index contributed by atoms with van der Waals surface area (Å²) in [5, 5.41) is 13.3. The van der Waals surface area contributed by atoms with E-state index in [1.165, 1.54) is 0 Å². The zero-order valence-electron chi connectivity index (χ0n) is 12.1. The van der Waals surface area contributed by atoms with Crippen molar-refractivity contribution >= 4 is 0 Å². The summed E-state index contributed by atoms with van der Waals surface area (Å²) in [4.78, 5) is 0. The molecular formula is C16H25NO3.